The van der Waals surface area contributed by atoms with Gasteiger partial charge in [0, 0.05) is 18.0 Å². The molecule has 94 valence electrons. The molecule has 0 saturated carbocycles. The molecule has 0 aromatic carbocycles. The van der Waals surface area contributed by atoms with Crippen LogP contribution in [0.25, 0.3) is 0 Å². The molecule has 0 radical (unpaired) electrons. The van der Waals surface area contributed by atoms with Crippen LogP contribution < -0.4 is 4.72 Å². The van der Waals surface area contributed by atoms with Gasteiger partial charge < -0.3 is 9.29 Å². The second-order valence-corrected chi connectivity index (χ2v) is 7.44. The van der Waals surface area contributed by atoms with Crippen molar-refractivity contribution < 1.29 is 9.29 Å². The molecule has 3 nitrogen and oxygen atoms in total. The highest BCUT2D eigenvalue weighted by atomic mass is 32.2. The second kappa shape index (κ2) is 5.08. The lowest BCUT2D eigenvalue weighted by molar-refractivity contribution is 0.0180. The summed E-state index contributed by atoms with van der Waals surface area (Å²) >= 11 is -1.10. The highest BCUT2D eigenvalue weighted by Crippen LogP contribution is 2.29. The Hall–Kier alpha value is -0.0300. The molecule has 0 aliphatic carbocycles. The molecule has 1 fully saturated rings. The molecule has 1 unspecified atom stereocenters. The summed E-state index contributed by atoms with van der Waals surface area (Å²) in [5.74, 6) is 0.394. The largest absolute Gasteiger partial charge is 0.598 e. The molecule has 1 saturated heterocycles. The van der Waals surface area contributed by atoms with Crippen molar-refractivity contribution in [1.82, 2.24) is 4.72 Å². The first-order valence-corrected chi connectivity index (χ1v) is 6.88. The highest BCUT2D eigenvalue weighted by Gasteiger charge is 2.43. The van der Waals surface area contributed by atoms with Gasteiger partial charge >= 0.3 is 0 Å². The van der Waals surface area contributed by atoms with Gasteiger partial charge in [0.2, 0.25) is 0 Å². The van der Waals surface area contributed by atoms with Gasteiger partial charge in [0.1, 0.15) is 10.3 Å². The van der Waals surface area contributed by atoms with E-state index in [1.165, 1.54) is 0 Å². The fourth-order valence-electron chi connectivity index (χ4n) is 1.66. The lowest BCUT2D eigenvalue weighted by atomic mass is 9.83. The van der Waals surface area contributed by atoms with Crippen molar-refractivity contribution in [2.75, 3.05) is 13.2 Å². The summed E-state index contributed by atoms with van der Waals surface area (Å²) in [6.07, 6.45) is 2.82. The quantitative estimate of drug-likeness (QED) is 0.611. The lowest BCUT2D eigenvalue weighted by Gasteiger charge is -2.41. The van der Waals surface area contributed by atoms with E-state index in [0.717, 1.165) is 13.0 Å². The van der Waals surface area contributed by atoms with Gasteiger partial charge in [0.05, 0.1) is 6.61 Å². The van der Waals surface area contributed by atoms with Crippen molar-refractivity contribution in [2.24, 2.45) is 5.92 Å². The summed E-state index contributed by atoms with van der Waals surface area (Å²) in [6.45, 7) is 13.2. The monoisotopic (exact) mass is 245 g/mol. The predicted molar refractivity (Wildman–Crippen MR) is 68.6 cm³/mol. The van der Waals surface area contributed by atoms with Crippen LogP contribution in [0.2, 0.25) is 0 Å². The fourth-order valence-corrected chi connectivity index (χ4v) is 2.65. The van der Waals surface area contributed by atoms with Crippen LogP contribution >= 0.6 is 0 Å². The zero-order valence-corrected chi connectivity index (χ0v) is 11.5. The second-order valence-electron chi connectivity index (χ2n) is 5.47. The summed E-state index contributed by atoms with van der Waals surface area (Å²) < 4.78 is 20.6. The Kier molecular flexibility index (Phi) is 4.46. The minimum atomic E-state index is -1.10. The van der Waals surface area contributed by atoms with E-state index in [1.807, 2.05) is 26.8 Å². The first kappa shape index (κ1) is 14.0. The van der Waals surface area contributed by atoms with E-state index < -0.39 is 11.4 Å². The molecule has 0 aromatic rings. The van der Waals surface area contributed by atoms with Crippen LogP contribution in [-0.4, -0.2) is 28.1 Å². The van der Waals surface area contributed by atoms with Gasteiger partial charge in [0.15, 0.2) is 0 Å². The maximum Gasteiger partial charge on any atom is 0.136 e. The van der Waals surface area contributed by atoms with Gasteiger partial charge in [-0.3, -0.25) is 0 Å². The molecule has 1 heterocycles. The zero-order valence-electron chi connectivity index (χ0n) is 10.7. The van der Waals surface area contributed by atoms with E-state index in [4.69, 9.17) is 4.74 Å². The molecular weight excluding hydrogens is 222 g/mol. The fraction of sp³-hybridized carbons (Fsp3) is 0.833. The van der Waals surface area contributed by atoms with Crippen LogP contribution in [0.1, 0.15) is 34.1 Å². The Bertz CT molecular complexity index is 252. The van der Waals surface area contributed by atoms with Crippen LogP contribution in [0.15, 0.2) is 12.7 Å². The third-order valence-electron chi connectivity index (χ3n) is 3.12. The molecule has 1 rings (SSSR count). The van der Waals surface area contributed by atoms with Gasteiger partial charge in [-0.2, -0.15) is 0 Å². The highest BCUT2D eigenvalue weighted by molar-refractivity contribution is 7.90. The molecule has 1 aliphatic heterocycles. The Morgan fingerprint density at radius 2 is 2.19 bits per heavy atom. The van der Waals surface area contributed by atoms with E-state index >= 15 is 0 Å². The van der Waals surface area contributed by atoms with Crippen molar-refractivity contribution in [2.45, 2.75) is 44.4 Å². The van der Waals surface area contributed by atoms with E-state index in [0.29, 0.717) is 12.5 Å². The Morgan fingerprint density at radius 3 is 2.62 bits per heavy atom. The van der Waals surface area contributed by atoms with Crippen molar-refractivity contribution in [1.29, 1.82) is 0 Å². The van der Waals surface area contributed by atoms with Crippen LogP contribution in [0, 0.1) is 5.92 Å². The van der Waals surface area contributed by atoms with Gasteiger partial charge in [-0.25, -0.2) is 0 Å². The first-order chi connectivity index (χ1) is 7.32. The van der Waals surface area contributed by atoms with Crippen molar-refractivity contribution in [3.05, 3.63) is 12.7 Å². The Labute approximate surface area is 102 Å². The molecule has 1 N–H and O–H groups in total. The minimum Gasteiger partial charge on any atom is -0.598 e. The zero-order chi connectivity index (χ0) is 12.4. The summed E-state index contributed by atoms with van der Waals surface area (Å²) in [7, 11) is 0. The van der Waals surface area contributed by atoms with E-state index in [9.17, 15) is 4.55 Å². The Morgan fingerprint density at radius 1 is 1.56 bits per heavy atom. The number of rotatable bonds is 3. The number of hydrogen-bond donors (Lipinski definition) is 1. The van der Waals surface area contributed by atoms with Gasteiger partial charge in [-0.1, -0.05) is 13.0 Å². The summed E-state index contributed by atoms with van der Waals surface area (Å²) in [5.41, 5.74) is -0.351. The first-order valence-electron chi connectivity index (χ1n) is 5.73. The van der Waals surface area contributed by atoms with E-state index in [2.05, 4.69) is 18.2 Å². The average Bonchev–Trinajstić information content (AvgIpc) is 2.20. The number of nitrogens with one attached hydrogen (secondary N) is 1. The normalized spacial score (nSPS) is 33.4. The minimum absolute atomic E-state index is 0.271. The smallest absolute Gasteiger partial charge is 0.136 e. The molecule has 0 aromatic heterocycles. The summed E-state index contributed by atoms with van der Waals surface area (Å²) in [6, 6.07) is 0. The number of ether oxygens (including phenoxy) is 1. The molecule has 4 heteroatoms. The van der Waals surface area contributed by atoms with Gasteiger partial charge in [-0.05, 0) is 33.1 Å². The van der Waals surface area contributed by atoms with Crippen LogP contribution in [0.5, 0.6) is 0 Å². The Balaban J connectivity index is 2.77. The van der Waals surface area contributed by atoms with Crippen molar-refractivity contribution >= 4 is 11.4 Å². The molecule has 3 atom stereocenters. The van der Waals surface area contributed by atoms with Crippen LogP contribution in [0.4, 0.5) is 0 Å². The van der Waals surface area contributed by atoms with Crippen LogP contribution in [0.3, 0.4) is 0 Å². The summed E-state index contributed by atoms with van der Waals surface area (Å²) in [4.78, 5) is 0. The molecule has 16 heavy (non-hydrogen) atoms. The number of hydrogen-bond acceptors (Lipinski definition) is 3. The van der Waals surface area contributed by atoms with E-state index in [1.54, 1.807) is 0 Å². The molecular formula is C12H23NO2S. The van der Waals surface area contributed by atoms with Crippen molar-refractivity contribution in [3.63, 3.8) is 0 Å². The molecule has 0 spiro atoms. The summed E-state index contributed by atoms with van der Waals surface area (Å²) in [5, 5.41) is 0. The molecule has 1 aliphatic rings. The third kappa shape index (κ3) is 3.00. The van der Waals surface area contributed by atoms with Crippen LogP contribution in [-0.2, 0) is 16.1 Å². The SMILES string of the molecule is C=C[C@@]1(N[S+]([O-])C(C)(C)C)COCC[C@@H]1C. The maximum atomic E-state index is 12.1. The lowest BCUT2D eigenvalue weighted by Crippen LogP contribution is -2.59. The standard InChI is InChI=1S/C12H23NO2S/c1-6-12(9-15-8-7-10(12)2)13-16(14)11(3,4)5/h6,10,13H,1,7-9H2,2-5H3/t10-,12+,16?/m0/s1. The van der Waals surface area contributed by atoms with Gasteiger partial charge in [-0.15, -0.1) is 11.3 Å². The molecule has 0 amide bonds. The molecule has 0 bridgehead atoms. The van der Waals surface area contributed by atoms with Gasteiger partial charge in [0.25, 0.3) is 0 Å². The van der Waals surface area contributed by atoms with E-state index in [-0.39, 0.29) is 10.3 Å². The topological polar surface area (TPSA) is 44.3 Å². The van der Waals surface area contributed by atoms with Crippen molar-refractivity contribution in [3.8, 4) is 0 Å². The average molecular weight is 245 g/mol. The maximum absolute atomic E-state index is 12.1. The third-order valence-corrected chi connectivity index (χ3v) is 4.80. The predicted octanol–water partition coefficient (Wildman–Crippen LogP) is 2.02.